The van der Waals surface area contributed by atoms with Crippen LogP contribution in [-0.4, -0.2) is 20.6 Å². The number of benzene rings is 1. The topological polar surface area (TPSA) is 68.3 Å². The highest BCUT2D eigenvalue weighted by Crippen LogP contribution is 2.15. The van der Waals surface area contributed by atoms with Gasteiger partial charge in [0.25, 0.3) is 0 Å². The first-order valence-corrected chi connectivity index (χ1v) is 5.44. The summed E-state index contributed by atoms with van der Waals surface area (Å²) in [4.78, 5) is 15.0. The summed E-state index contributed by atoms with van der Waals surface area (Å²) in [6, 6.07) is 9.28. The second-order valence-electron chi connectivity index (χ2n) is 3.97. The number of furan rings is 1. The van der Waals surface area contributed by atoms with Crippen LogP contribution < -0.4 is 0 Å². The van der Waals surface area contributed by atoms with E-state index < -0.39 is 5.97 Å². The van der Waals surface area contributed by atoms with Gasteiger partial charge in [-0.3, -0.25) is 0 Å². The zero-order valence-corrected chi connectivity index (χ0v) is 9.41. The molecule has 3 rings (SSSR count). The summed E-state index contributed by atoms with van der Waals surface area (Å²) in [5, 5.41) is 8.82. The first-order valence-electron chi connectivity index (χ1n) is 5.44. The van der Waals surface area contributed by atoms with E-state index >= 15 is 0 Å². The van der Waals surface area contributed by atoms with Crippen LogP contribution in [0.25, 0.3) is 11.0 Å². The Balaban J connectivity index is 1.93. The van der Waals surface area contributed by atoms with E-state index in [9.17, 15) is 4.79 Å². The predicted molar refractivity (Wildman–Crippen MR) is 64.5 cm³/mol. The van der Waals surface area contributed by atoms with E-state index in [4.69, 9.17) is 9.52 Å². The monoisotopic (exact) mass is 242 g/mol. The third-order valence-electron chi connectivity index (χ3n) is 2.75. The molecule has 0 atom stereocenters. The van der Waals surface area contributed by atoms with Gasteiger partial charge in [-0.05, 0) is 18.2 Å². The number of carboxylic acids is 1. The molecule has 0 saturated heterocycles. The van der Waals surface area contributed by atoms with Gasteiger partial charge < -0.3 is 14.1 Å². The van der Waals surface area contributed by atoms with Gasteiger partial charge >= 0.3 is 5.97 Å². The SMILES string of the molecule is O=C(O)c1coc(Cn2cnc3ccccc32)c1. The fourth-order valence-corrected chi connectivity index (χ4v) is 1.88. The van der Waals surface area contributed by atoms with Crippen molar-refractivity contribution in [2.24, 2.45) is 0 Å². The number of nitrogens with zero attached hydrogens (tertiary/aromatic N) is 2. The van der Waals surface area contributed by atoms with Gasteiger partial charge in [-0.15, -0.1) is 0 Å². The molecule has 5 heteroatoms. The molecule has 0 amide bonds. The van der Waals surface area contributed by atoms with E-state index in [2.05, 4.69) is 4.98 Å². The summed E-state index contributed by atoms with van der Waals surface area (Å²) >= 11 is 0. The van der Waals surface area contributed by atoms with E-state index in [1.807, 2.05) is 28.8 Å². The quantitative estimate of drug-likeness (QED) is 0.765. The molecule has 0 radical (unpaired) electrons. The molecule has 0 aliphatic heterocycles. The molecule has 2 heterocycles. The summed E-state index contributed by atoms with van der Waals surface area (Å²) < 4.78 is 7.14. The molecule has 0 bridgehead atoms. The Morgan fingerprint density at radius 3 is 3.00 bits per heavy atom. The molecular formula is C13H10N2O3. The normalized spacial score (nSPS) is 10.9. The van der Waals surface area contributed by atoms with Crippen molar-refractivity contribution in [2.45, 2.75) is 6.54 Å². The smallest absolute Gasteiger partial charge is 0.338 e. The summed E-state index contributed by atoms with van der Waals surface area (Å²) in [7, 11) is 0. The number of rotatable bonds is 3. The van der Waals surface area contributed by atoms with Gasteiger partial charge in [0.05, 0.1) is 29.5 Å². The first-order chi connectivity index (χ1) is 8.74. The van der Waals surface area contributed by atoms with Crippen LogP contribution in [0.1, 0.15) is 16.1 Å². The molecule has 1 aromatic carbocycles. The van der Waals surface area contributed by atoms with Crippen molar-refractivity contribution in [1.82, 2.24) is 9.55 Å². The predicted octanol–water partition coefficient (Wildman–Crippen LogP) is 2.38. The highest BCUT2D eigenvalue weighted by Gasteiger charge is 2.09. The second kappa shape index (κ2) is 4.03. The lowest BCUT2D eigenvalue weighted by molar-refractivity contribution is 0.0696. The van der Waals surface area contributed by atoms with Crippen molar-refractivity contribution in [3.05, 3.63) is 54.2 Å². The second-order valence-corrected chi connectivity index (χ2v) is 3.97. The van der Waals surface area contributed by atoms with Crippen molar-refractivity contribution in [1.29, 1.82) is 0 Å². The van der Waals surface area contributed by atoms with Gasteiger partial charge in [0.15, 0.2) is 0 Å². The Labute approximate surface area is 102 Å². The number of carboxylic acid groups (broad SMARTS) is 1. The highest BCUT2D eigenvalue weighted by molar-refractivity contribution is 5.87. The molecule has 2 aromatic heterocycles. The lowest BCUT2D eigenvalue weighted by Crippen LogP contribution is -1.97. The summed E-state index contributed by atoms with van der Waals surface area (Å²) in [5.41, 5.74) is 2.06. The van der Waals surface area contributed by atoms with Gasteiger partial charge in [-0.2, -0.15) is 0 Å². The average molecular weight is 242 g/mol. The largest absolute Gasteiger partial charge is 0.478 e. The van der Waals surface area contributed by atoms with Crippen LogP contribution in [0.4, 0.5) is 0 Å². The summed E-state index contributed by atoms with van der Waals surface area (Å²) in [6.07, 6.45) is 2.96. The Bertz CT molecular complexity index is 712. The maximum absolute atomic E-state index is 10.7. The molecule has 5 nitrogen and oxygen atoms in total. The number of imidazole rings is 1. The minimum atomic E-state index is -0.986. The summed E-state index contributed by atoms with van der Waals surface area (Å²) in [5.74, 6) is -0.393. The molecule has 18 heavy (non-hydrogen) atoms. The standard InChI is InChI=1S/C13H10N2O3/c16-13(17)9-5-10(18-7-9)6-15-8-14-11-3-1-2-4-12(11)15/h1-5,7-8H,6H2,(H,16,17). The number of para-hydroxylation sites is 2. The van der Waals surface area contributed by atoms with Gasteiger partial charge in [-0.25, -0.2) is 9.78 Å². The molecule has 0 aliphatic rings. The zero-order chi connectivity index (χ0) is 12.5. The number of fused-ring (bicyclic) bond motifs is 1. The van der Waals surface area contributed by atoms with Crippen LogP contribution >= 0.6 is 0 Å². The van der Waals surface area contributed by atoms with Gasteiger partial charge in [0.2, 0.25) is 0 Å². The molecular weight excluding hydrogens is 232 g/mol. The maximum Gasteiger partial charge on any atom is 0.338 e. The number of aromatic nitrogens is 2. The van der Waals surface area contributed by atoms with Crippen molar-refractivity contribution in [3.8, 4) is 0 Å². The lowest BCUT2D eigenvalue weighted by Gasteiger charge is -2.00. The summed E-state index contributed by atoms with van der Waals surface area (Å²) in [6.45, 7) is 0.466. The zero-order valence-electron chi connectivity index (χ0n) is 9.41. The Morgan fingerprint density at radius 1 is 1.39 bits per heavy atom. The highest BCUT2D eigenvalue weighted by atomic mass is 16.4. The lowest BCUT2D eigenvalue weighted by atomic mass is 10.3. The van der Waals surface area contributed by atoms with Crippen molar-refractivity contribution < 1.29 is 14.3 Å². The molecule has 0 spiro atoms. The van der Waals surface area contributed by atoms with Crippen molar-refractivity contribution >= 4 is 17.0 Å². The number of hydrogen-bond acceptors (Lipinski definition) is 3. The molecule has 90 valence electrons. The minimum Gasteiger partial charge on any atom is -0.478 e. The van der Waals surface area contributed by atoms with Crippen LogP contribution in [0.5, 0.6) is 0 Å². The minimum absolute atomic E-state index is 0.162. The van der Waals surface area contributed by atoms with Crippen molar-refractivity contribution in [3.63, 3.8) is 0 Å². The Kier molecular flexibility index (Phi) is 2.37. The molecule has 0 aliphatic carbocycles. The third kappa shape index (κ3) is 1.75. The van der Waals surface area contributed by atoms with Crippen LogP contribution in [0, 0.1) is 0 Å². The van der Waals surface area contributed by atoms with E-state index in [0.29, 0.717) is 12.3 Å². The first kappa shape index (κ1) is 10.6. The Hall–Kier alpha value is -2.56. The van der Waals surface area contributed by atoms with Crippen LogP contribution in [0.15, 0.2) is 47.3 Å². The fraction of sp³-hybridized carbons (Fsp3) is 0.0769. The fourth-order valence-electron chi connectivity index (χ4n) is 1.88. The average Bonchev–Trinajstić information content (AvgIpc) is 2.98. The van der Waals surface area contributed by atoms with Crippen LogP contribution in [0.3, 0.4) is 0 Å². The van der Waals surface area contributed by atoms with Gasteiger partial charge in [-0.1, -0.05) is 12.1 Å². The number of aromatic carboxylic acids is 1. The number of carbonyl (C=O) groups is 1. The number of hydrogen-bond donors (Lipinski definition) is 1. The van der Waals surface area contributed by atoms with E-state index in [0.717, 1.165) is 11.0 Å². The van der Waals surface area contributed by atoms with Crippen molar-refractivity contribution in [2.75, 3.05) is 0 Å². The molecule has 0 unspecified atom stereocenters. The van der Waals surface area contributed by atoms with E-state index in [-0.39, 0.29) is 5.56 Å². The van der Waals surface area contributed by atoms with E-state index in [1.165, 1.54) is 12.3 Å². The van der Waals surface area contributed by atoms with Crippen LogP contribution in [-0.2, 0) is 6.54 Å². The maximum atomic E-state index is 10.7. The van der Waals surface area contributed by atoms with Gasteiger partial charge in [0, 0.05) is 0 Å². The molecule has 0 fully saturated rings. The van der Waals surface area contributed by atoms with Gasteiger partial charge in [0.1, 0.15) is 12.0 Å². The third-order valence-corrected chi connectivity index (χ3v) is 2.75. The molecule has 3 aromatic rings. The molecule has 1 N–H and O–H groups in total. The molecule has 0 saturated carbocycles. The van der Waals surface area contributed by atoms with Crippen LogP contribution in [0.2, 0.25) is 0 Å². The Morgan fingerprint density at radius 2 is 2.22 bits per heavy atom. The van der Waals surface area contributed by atoms with E-state index in [1.54, 1.807) is 6.33 Å².